The molecule has 1 aromatic carbocycles. The van der Waals surface area contributed by atoms with Crippen LogP contribution >= 0.6 is 0 Å². The van der Waals surface area contributed by atoms with E-state index in [4.69, 9.17) is 4.74 Å². The van der Waals surface area contributed by atoms with Gasteiger partial charge in [0.25, 0.3) is 0 Å². The van der Waals surface area contributed by atoms with Crippen molar-refractivity contribution in [2.45, 2.75) is 39.8 Å². The summed E-state index contributed by atoms with van der Waals surface area (Å²) in [6, 6.07) is 5.40. The van der Waals surface area contributed by atoms with Crippen molar-refractivity contribution in [1.29, 1.82) is 0 Å². The highest BCUT2D eigenvalue weighted by atomic mass is 16.6. The minimum atomic E-state index is -0.713. The fourth-order valence-corrected chi connectivity index (χ4v) is 2.11. The molecule has 0 fully saturated rings. The zero-order chi connectivity index (χ0) is 20.6. The van der Waals surface area contributed by atoms with Crippen LogP contribution in [0, 0.1) is 6.92 Å². The van der Waals surface area contributed by atoms with Crippen molar-refractivity contribution >= 4 is 23.7 Å². The van der Waals surface area contributed by atoms with Gasteiger partial charge in [-0.1, -0.05) is 6.07 Å². The molecule has 2 N–H and O–H groups in total. The van der Waals surface area contributed by atoms with E-state index in [-0.39, 0.29) is 12.2 Å². The van der Waals surface area contributed by atoms with Crippen LogP contribution in [-0.2, 0) is 30.3 Å². The third-order valence-electron chi connectivity index (χ3n) is 3.12. The topological polar surface area (TPSA) is 103 Å². The molecule has 8 heteroatoms. The number of nitrogens with one attached hydrogen (secondary N) is 2. The summed E-state index contributed by atoms with van der Waals surface area (Å²) in [5.41, 5.74) is 1.57. The summed E-state index contributed by atoms with van der Waals surface area (Å²) >= 11 is 0. The lowest BCUT2D eigenvalue weighted by molar-refractivity contribution is -0.138. The van der Waals surface area contributed by atoms with Gasteiger partial charge >= 0.3 is 18.0 Å². The summed E-state index contributed by atoms with van der Waals surface area (Å²) in [5.74, 6) is -1.40. The molecule has 0 aliphatic rings. The SMILES string of the molecule is COC(=O)/C=C(/Nc1cc(C)cc(CNC(=O)OC(C)(C)C)c1)C(=O)OC. The van der Waals surface area contributed by atoms with E-state index in [0.717, 1.165) is 17.2 Å². The van der Waals surface area contributed by atoms with Gasteiger partial charge in [-0.25, -0.2) is 14.4 Å². The normalized spacial score (nSPS) is 11.4. The van der Waals surface area contributed by atoms with Gasteiger partial charge in [0.1, 0.15) is 11.3 Å². The van der Waals surface area contributed by atoms with Crippen molar-refractivity contribution < 1.29 is 28.6 Å². The molecule has 0 saturated carbocycles. The van der Waals surface area contributed by atoms with Crippen LogP contribution in [0.5, 0.6) is 0 Å². The first-order valence-corrected chi connectivity index (χ1v) is 8.26. The van der Waals surface area contributed by atoms with Crippen molar-refractivity contribution in [2.24, 2.45) is 0 Å². The Morgan fingerprint density at radius 2 is 1.74 bits per heavy atom. The number of rotatable bonds is 6. The molecule has 0 bridgehead atoms. The lowest BCUT2D eigenvalue weighted by Crippen LogP contribution is -2.32. The standard InChI is InChI=1S/C19H26N2O6/c1-12-7-13(11-20-18(24)27-19(2,3)4)9-14(8-12)21-15(17(23)26-6)10-16(22)25-5/h7-10,21H,11H2,1-6H3,(H,20,24)/b15-10+. The van der Waals surface area contributed by atoms with Gasteiger partial charge in [-0.2, -0.15) is 0 Å². The van der Waals surface area contributed by atoms with Crippen LogP contribution in [0.2, 0.25) is 0 Å². The molecule has 0 saturated heterocycles. The van der Waals surface area contributed by atoms with Gasteiger partial charge in [0.15, 0.2) is 0 Å². The summed E-state index contributed by atoms with van der Waals surface area (Å²) in [6.07, 6.45) is 0.478. The molecular weight excluding hydrogens is 352 g/mol. The monoisotopic (exact) mass is 378 g/mol. The quantitative estimate of drug-likeness (QED) is 0.446. The summed E-state index contributed by atoms with van der Waals surface area (Å²) in [6.45, 7) is 7.44. The minimum absolute atomic E-state index is 0.0685. The maximum Gasteiger partial charge on any atom is 0.407 e. The van der Waals surface area contributed by atoms with Crippen molar-refractivity contribution in [1.82, 2.24) is 5.32 Å². The average Bonchev–Trinajstić information content (AvgIpc) is 2.56. The summed E-state index contributed by atoms with van der Waals surface area (Å²) < 4.78 is 14.4. The molecule has 148 valence electrons. The fraction of sp³-hybridized carbons (Fsp3) is 0.421. The lowest BCUT2D eigenvalue weighted by atomic mass is 10.1. The first kappa shape index (κ1) is 22.0. The highest BCUT2D eigenvalue weighted by Gasteiger charge is 2.16. The maximum atomic E-state index is 11.9. The van der Waals surface area contributed by atoms with E-state index in [9.17, 15) is 14.4 Å². The average molecular weight is 378 g/mol. The van der Waals surface area contributed by atoms with Crippen LogP contribution in [0.1, 0.15) is 31.9 Å². The molecule has 0 unspecified atom stereocenters. The van der Waals surface area contributed by atoms with E-state index in [2.05, 4.69) is 20.1 Å². The fourth-order valence-electron chi connectivity index (χ4n) is 2.11. The molecule has 0 aliphatic heterocycles. The molecule has 0 heterocycles. The Hall–Kier alpha value is -3.03. The number of amides is 1. The molecule has 0 aliphatic carbocycles. The van der Waals surface area contributed by atoms with E-state index >= 15 is 0 Å². The van der Waals surface area contributed by atoms with Crippen LogP contribution in [0.3, 0.4) is 0 Å². The number of carbonyl (C=O) groups excluding carboxylic acids is 3. The third kappa shape index (κ3) is 8.26. The maximum absolute atomic E-state index is 11.9. The minimum Gasteiger partial charge on any atom is -0.466 e. The summed E-state index contributed by atoms with van der Waals surface area (Å²) in [4.78, 5) is 35.1. The van der Waals surface area contributed by atoms with E-state index in [1.54, 1.807) is 32.9 Å². The molecule has 27 heavy (non-hydrogen) atoms. The third-order valence-corrected chi connectivity index (χ3v) is 3.12. The first-order valence-electron chi connectivity index (χ1n) is 8.26. The molecular formula is C19H26N2O6. The number of hydrogen-bond donors (Lipinski definition) is 2. The Bertz CT molecular complexity index is 734. The number of benzene rings is 1. The number of aryl methyl sites for hydroxylation is 1. The predicted molar refractivity (Wildman–Crippen MR) is 100.0 cm³/mol. The molecule has 1 aromatic rings. The Labute approximate surface area is 158 Å². The van der Waals surface area contributed by atoms with Crippen molar-refractivity contribution in [3.05, 3.63) is 41.1 Å². The van der Waals surface area contributed by atoms with E-state index in [1.165, 1.54) is 14.2 Å². The number of carbonyl (C=O) groups is 3. The van der Waals surface area contributed by atoms with E-state index in [0.29, 0.717) is 5.69 Å². The van der Waals surface area contributed by atoms with Crippen LogP contribution in [0.4, 0.5) is 10.5 Å². The van der Waals surface area contributed by atoms with Crippen molar-refractivity contribution in [3.8, 4) is 0 Å². The van der Waals surface area contributed by atoms with Gasteiger partial charge in [0.05, 0.1) is 20.3 Å². The van der Waals surface area contributed by atoms with Gasteiger partial charge in [-0.15, -0.1) is 0 Å². The van der Waals surface area contributed by atoms with Gasteiger partial charge in [0.2, 0.25) is 0 Å². The molecule has 0 spiro atoms. The highest BCUT2D eigenvalue weighted by Crippen LogP contribution is 2.17. The van der Waals surface area contributed by atoms with Crippen LogP contribution in [0.15, 0.2) is 30.0 Å². The van der Waals surface area contributed by atoms with E-state index in [1.807, 2.05) is 13.0 Å². The molecule has 1 amide bonds. The molecule has 0 atom stereocenters. The predicted octanol–water partition coefficient (Wildman–Crippen LogP) is 2.66. The first-order chi connectivity index (χ1) is 12.5. The smallest absolute Gasteiger partial charge is 0.407 e. The van der Waals surface area contributed by atoms with Crippen LogP contribution in [-0.4, -0.2) is 37.9 Å². The van der Waals surface area contributed by atoms with Gasteiger partial charge in [0, 0.05) is 12.2 Å². The summed E-state index contributed by atoms with van der Waals surface area (Å²) in [7, 11) is 2.42. The number of ether oxygens (including phenoxy) is 3. The van der Waals surface area contributed by atoms with Crippen molar-refractivity contribution in [3.63, 3.8) is 0 Å². The Morgan fingerprint density at radius 1 is 1.07 bits per heavy atom. The number of alkyl carbamates (subject to hydrolysis) is 1. The molecule has 8 nitrogen and oxygen atoms in total. The second-order valence-corrected chi connectivity index (χ2v) is 6.76. The van der Waals surface area contributed by atoms with E-state index < -0.39 is 23.6 Å². The number of anilines is 1. The molecule has 1 rings (SSSR count). The van der Waals surface area contributed by atoms with Gasteiger partial charge < -0.3 is 24.8 Å². The zero-order valence-corrected chi connectivity index (χ0v) is 16.5. The van der Waals surface area contributed by atoms with Gasteiger partial charge in [-0.05, 0) is 51.0 Å². The Morgan fingerprint density at radius 3 is 2.30 bits per heavy atom. The number of hydrogen-bond acceptors (Lipinski definition) is 7. The summed E-state index contributed by atoms with van der Waals surface area (Å²) in [5, 5.41) is 5.51. The van der Waals surface area contributed by atoms with Crippen LogP contribution in [0.25, 0.3) is 0 Å². The molecule has 0 radical (unpaired) electrons. The Kier molecular flexibility index (Phi) is 7.83. The number of esters is 2. The largest absolute Gasteiger partial charge is 0.466 e. The van der Waals surface area contributed by atoms with Crippen LogP contribution < -0.4 is 10.6 Å². The van der Waals surface area contributed by atoms with Gasteiger partial charge in [-0.3, -0.25) is 0 Å². The van der Waals surface area contributed by atoms with Crippen molar-refractivity contribution in [2.75, 3.05) is 19.5 Å². The Balaban J connectivity index is 2.93. The lowest BCUT2D eigenvalue weighted by Gasteiger charge is -2.20. The molecule has 0 aromatic heterocycles. The second kappa shape index (κ2) is 9.61. The zero-order valence-electron chi connectivity index (χ0n) is 16.5. The number of methoxy groups -OCH3 is 2. The highest BCUT2D eigenvalue weighted by molar-refractivity contribution is 5.98. The second-order valence-electron chi connectivity index (χ2n) is 6.76.